The monoisotopic (exact) mass is 470 g/mol. The fourth-order valence-electron chi connectivity index (χ4n) is 3.03. The Morgan fingerprint density at radius 2 is 1.21 bits per heavy atom. The highest BCUT2D eigenvalue weighted by atomic mass is 16.5. The first-order valence-electron chi connectivity index (χ1n) is 13.8. The van der Waals surface area contributed by atoms with Gasteiger partial charge < -0.3 is 9.47 Å². The minimum Gasteiger partial charge on any atom is -0.465 e. The van der Waals surface area contributed by atoms with Crippen molar-refractivity contribution in [2.45, 2.75) is 152 Å². The van der Waals surface area contributed by atoms with Crippen molar-refractivity contribution >= 4 is 11.9 Å². The van der Waals surface area contributed by atoms with Crippen molar-refractivity contribution in [1.82, 2.24) is 0 Å². The molecular weight excluding hydrogens is 412 g/mol. The second kappa shape index (κ2) is 19.3. The fourth-order valence-corrected chi connectivity index (χ4v) is 3.03. The number of carbonyl (C=O) groups is 2. The minimum absolute atomic E-state index is 0.0395. The van der Waals surface area contributed by atoms with E-state index < -0.39 is 0 Å². The summed E-state index contributed by atoms with van der Waals surface area (Å²) in [7, 11) is 0. The summed E-state index contributed by atoms with van der Waals surface area (Å²) in [5.41, 5.74) is -0.667. The lowest BCUT2D eigenvalue weighted by molar-refractivity contribution is -0.160. The van der Waals surface area contributed by atoms with E-state index in [9.17, 15) is 9.59 Å². The molecular formula is C29H58O4. The predicted molar refractivity (Wildman–Crippen MR) is 141 cm³/mol. The number of carbonyl (C=O) groups excluding carboxylic acids is 2. The predicted octanol–water partition coefficient (Wildman–Crippen LogP) is 8.90. The van der Waals surface area contributed by atoms with Gasteiger partial charge in [-0.2, -0.15) is 0 Å². The van der Waals surface area contributed by atoms with Crippen LogP contribution in [0.5, 0.6) is 0 Å². The van der Waals surface area contributed by atoms with Gasteiger partial charge in [0.05, 0.1) is 17.4 Å². The molecule has 0 saturated heterocycles. The minimum atomic E-state index is -0.336. The van der Waals surface area contributed by atoms with Gasteiger partial charge in [0.1, 0.15) is 6.10 Å². The number of ether oxygens (including phenoxy) is 2. The molecule has 4 heteroatoms. The van der Waals surface area contributed by atoms with Crippen molar-refractivity contribution in [3.63, 3.8) is 0 Å². The summed E-state index contributed by atoms with van der Waals surface area (Å²) in [6.45, 7) is 21.1. The molecule has 0 aromatic heterocycles. The molecule has 33 heavy (non-hydrogen) atoms. The highest BCUT2D eigenvalue weighted by Gasteiger charge is 2.29. The molecule has 2 unspecified atom stereocenters. The SMILES string of the molecule is CCCCC(CC)COC(=O)C(C)(C)CC.CCCCCCC(CC)OC(=O)C(C)(C)CC. The number of esters is 2. The fraction of sp³-hybridized carbons (Fsp3) is 0.931. The van der Waals surface area contributed by atoms with Crippen molar-refractivity contribution in [2.24, 2.45) is 16.7 Å². The van der Waals surface area contributed by atoms with Crippen molar-refractivity contribution in [3.05, 3.63) is 0 Å². The Kier molecular flexibility index (Phi) is 19.9. The van der Waals surface area contributed by atoms with Crippen LogP contribution in [0.3, 0.4) is 0 Å². The summed E-state index contributed by atoms with van der Waals surface area (Å²) in [5, 5.41) is 0. The molecule has 0 spiro atoms. The third-order valence-electron chi connectivity index (χ3n) is 6.98. The molecule has 0 N–H and O–H groups in total. The molecule has 0 heterocycles. The maximum Gasteiger partial charge on any atom is 0.311 e. The van der Waals surface area contributed by atoms with Crippen LogP contribution < -0.4 is 0 Å². The zero-order valence-corrected chi connectivity index (χ0v) is 24.0. The molecule has 0 aliphatic carbocycles. The van der Waals surface area contributed by atoms with Crippen LogP contribution in [0.15, 0.2) is 0 Å². The van der Waals surface area contributed by atoms with Crippen LogP contribution in [0.25, 0.3) is 0 Å². The summed E-state index contributed by atoms with van der Waals surface area (Å²) < 4.78 is 11.0. The molecule has 0 aromatic rings. The lowest BCUT2D eigenvalue weighted by Gasteiger charge is -2.24. The molecule has 0 amide bonds. The third kappa shape index (κ3) is 16.2. The van der Waals surface area contributed by atoms with Crippen molar-refractivity contribution in [2.75, 3.05) is 6.61 Å². The first-order valence-corrected chi connectivity index (χ1v) is 13.8. The number of unbranched alkanes of at least 4 members (excludes halogenated alkanes) is 4. The number of rotatable bonds is 17. The normalized spacial score (nSPS) is 13.5. The van der Waals surface area contributed by atoms with Gasteiger partial charge >= 0.3 is 11.9 Å². The van der Waals surface area contributed by atoms with E-state index in [1.807, 2.05) is 41.5 Å². The van der Waals surface area contributed by atoms with E-state index in [4.69, 9.17) is 9.47 Å². The summed E-state index contributed by atoms with van der Waals surface area (Å²) in [5.74, 6) is 0.448. The Hall–Kier alpha value is -1.06. The summed E-state index contributed by atoms with van der Waals surface area (Å²) >= 11 is 0. The quantitative estimate of drug-likeness (QED) is 0.157. The van der Waals surface area contributed by atoms with Gasteiger partial charge in [0.15, 0.2) is 0 Å². The first-order chi connectivity index (χ1) is 15.4. The van der Waals surface area contributed by atoms with Crippen molar-refractivity contribution in [3.8, 4) is 0 Å². The smallest absolute Gasteiger partial charge is 0.311 e. The largest absolute Gasteiger partial charge is 0.465 e. The second-order valence-electron chi connectivity index (χ2n) is 10.8. The van der Waals surface area contributed by atoms with E-state index in [2.05, 4.69) is 27.7 Å². The van der Waals surface area contributed by atoms with Crippen LogP contribution in [-0.2, 0) is 19.1 Å². The van der Waals surface area contributed by atoms with E-state index in [1.54, 1.807) is 0 Å². The molecule has 2 atom stereocenters. The third-order valence-corrected chi connectivity index (χ3v) is 6.98. The van der Waals surface area contributed by atoms with Crippen molar-refractivity contribution in [1.29, 1.82) is 0 Å². The Labute approximate surface area is 207 Å². The molecule has 0 saturated carbocycles. The maximum atomic E-state index is 11.9. The van der Waals surface area contributed by atoms with Crippen LogP contribution in [0.4, 0.5) is 0 Å². The average Bonchev–Trinajstić information content (AvgIpc) is 2.81. The number of hydrogen-bond acceptors (Lipinski definition) is 4. The van der Waals surface area contributed by atoms with E-state index >= 15 is 0 Å². The van der Waals surface area contributed by atoms with Gasteiger partial charge in [-0.25, -0.2) is 0 Å². The standard InChI is InChI=1S/C15H30O2.C14H28O2/c1-6-9-10-11-12-13(7-2)17-14(16)15(4,5)8-3;1-6-9-10-12(7-2)11-16-13(15)14(4,5)8-3/h13H,6-12H2,1-5H3;12H,6-11H2,1-5H3. The molecule has 0 aliphatic heterocycles. The van der Waals surface area contributed by atoms with Crippen LogP contribution in [0.2, 0.25) is 0 Å². The number of hydrogen-bond donors (Lipinski definition) is 0. The van der Waals surface area contributed by atoms with Gasteiger partial charge in [0, 0.05) is 0 Å². The molecule has 4 nitrogen and oxygen atoms in total. The van der Waals surface area contributed by atoms with E-state index in [0.717, 1.165) is 32.1 Å². The zero-order chi connectivity index (χ0) is 25.9. The lowest BCUT2D eigenvalue weighted by atomic mass is 9.90. The second-order valence-corrected chi connectivity index (χ2v) is 10.8. The van der Waals surface area contributed by atoms with Crippen molar-refractivity contribution < 1.29 is 19.1 Å². The summed E-state index contributed by atoms with van der Waals surface area (Å²) in [4.78, 5) is 23.7. The molecule has 0 aliphatic rings. The van der Waals surface area contributed by atoms with Gasteiger partial charge in [-0.15, -0.1) is 0 Å². The van der Waals surface area contributed by atoms with Gasteiger partial charge in [0.2, 0.25) is 0 Å². The molecule has 0 radical (unpaired) electrons. The Balaban J connectivity index is 0. The highest BCUT2D eigenvalue weighted by molar-refractivity contribution is 5.76. The molecule has 198 valence electrons. The van der Waals surface area contributed by atoms with Crippen LogP contribution in [-0.4, -0.2) is 24.6 Å². The maximum absolute atomic E-state index is 11.9. The van der Waals surface area contributed by atoms with Gasteiger partial charge in [-0.05, 0) is 72.1 Å². The summed E-state index contributed by atoms with van der Waals surface area (Å²) in [6.07, 6.45) is 13.4. The molecule has 0 fully saturated rings. The highest BCUT2D eigenvalue weighted by Crippen LogP contribution is 2.24. The Bertz CT molecular complexity index is 496. The lowest BCUT2D eigenvalue weighted by Crippen LogP contribution is -2.30. The average molecular weight is 471 g/mol. The molecule has 0 rings (SSSR count). The topological polar surface area (TPSA) is 52.6 Å². The van der Waals surface area contributed by atoms with E-state index in [-0.39, 0.29) is 28.9 Å². The van der Waals surface area contributed by atoms with E-state index in [1.165, 1.54) is 44.9 Å². The van der Waals surface area contributed by atoms with Crippen LogP contribution in [0.1, 0.15) is 146 Å². The molecule has 0 aromatic carbocycles. The van der Waals surface area contributed by atoms with E-state index in [0.29, 0.717) is 12.5 Å². The molecule has 0 bridgehead atoms. The van der Waals surface area contributed by atoms with Gasteiger partial charge in [0.25, 0.3) is 0 Å². The van der Waals surface area contributed by atoms with Gasteiger partial charge in [-0.1, -0.05) is 80.1 Å². The Morgan fingerprint density at radius 3 is 1.67 bits per heavy atom. The summed E-state index contributed by atoms with van der Waals surface area (Å²) in [6, 6.07) is 0. The Morgan fingerprint density at radius 1 is 0.667 bits per heavy atom. The zero-order valence-electron chi connectivity index (χ0n) is 24.0. The van der Waals surface area contributed by atoms with Crippen LogP contribution >= 0.6 is 0 Å². The van der Waals surface area contributed by atoms with Gasteiger partial charge in [-0.3, -0.25) is 9.59 Å². The first kappa shape index (κ1) is 34.1. The van der Waals surface area contributed by atoms with Crippen LogP contribution in [0, 0.1) is 16.7 Å².